The maximum absolute atomic E-state index is 12.2. The van der Waals surface area contributed by atoms with Gasteiger partial charge in [0.25, 0.3) is 0 Å². The number of anilines is 1. The Labute approximate surface area is 135 Å². The fourth-order valence-electron chi connectivity index (χ4n) is 1.47. The lowest BCUT2D eigenvalue weighted by Crippen LogP contribution is -2.29. The molecule has 3 N–H and O–H groups in total. The van der Waals surface area contributed by atoms with Crippen LogP contribution in [0.25, 0.3) is 0 Å². The minimum Gasteiger partial charge on any atom is -0.378 e. The minimum absolute atomic E-state index is 0. The molecule has 0 amide bonds. The Morgan fingerprint density at radius 1 is 1.40 bits per heavy atom. The number of halogens is 2. The third-order valence-electron chi connectivity index (χ3n) is 2.61. The van der Waals surface area contributed by atoms with Crippen LogP contribution in [0.5, 0.6) is 0 Å². The normalized spacial score (nSPS) is 12.7. The zero-order chi connectivity index (χ0) is 14.6. The number of nitrogens with zero attached hydrogens (tertiary/aromatic N) is 1. The molecule has 20 heavy (non-hydrogen) atoms. The van der Waals surface area contributed by atoms with Gasteiger partial charge in [-0.3, -0.25) is 0 Å². The van der Waals surface area contributed by atoms with Crippen LogP contribution < -0.4 is 15.4 Å². The van der Waals surface area contributed by atoms with Crippen LogP contribution in [-0.4, -0.2) is 35.1 Å². The van der Waals surface area contributed by atoms with Crippen molar-refractivity contribution in [1.82, 2.24) is 4.72 Å². The van der Waals surface area contributed by atoms with Crippen LogP contribution in [0.3, 0.4) is 0 Å². The average Bonchev–Trinajstić information content (AvgIpc) is 2.28. The van der Waals surface area contributed by atoms with Crippen molar-refractivity contribution in [2.75, 3.05) is 25.5 Å². The van der Waals surface area contributed by atoms with Gasteiger partial charge in [0.1, 0.15) is 0 Å². The molecule has 0 aliphatic heterocycles. The van der Waals surface area contributed by atoms with Crippen LogP contribution in [-0.2, 0) is 10.0 Å². The van der Waals surface area contributed by atoms with Gasteiger partial charge in [0, 0.05) is 36.8 Å². The van der Waals surface area contributed by atoms with E-state index in [-0.39, 0.29) is 23.3 Å². The van der Waals surface area contributed by atoms with Crippen molar-refractivity contribution in [3.63, 3.8) is 0 Å². The van der Waals surface area contributed by atoms with Crippen molar-refractivity contribution in [2.24, 2.45) is 5.73 Å². The number of nitrogens with one attached hydrogen (secondary N) is 1. The lowest BCUT2D eigenvalue weighted by atomic mass is 10.3. The molecular formula is C12H21BrClN3O2S. The molecule has 0 saturated carbocycles. The number of nitrogens with two attached hydrogens (primary N) is 1. The lowest BCUT2D eigenvalue weighted by Gasteiger charge is -2.15. The summed E-state index contributed by atoms with van der Waals surface area (Å²) < 4.78 is 27.5. The molecular weight excluding hydrogens is 366 g/mol. The van der Waals surface area contributed by atoms with Crippen molar-refractivity contribution < 1.29 is 8.42 Å². The van der Waals surface area contributed by atoms with Gasteiger partial charge in [0.15, 0.2) is 0 Å². The van der Waals surface area contributed by atoms with Crippen LogP contribution in [0.4, 0.5) is 5.69 Å². The smallest absolute Gasteiger partial charge is 0.241 e. The van der Waals surface area contributed by atoms with Crippen molar-refractivity contribution in [3.05, 3.63) is 22.7 Å². The Hall–Kier alpha value is -0.340. The van der Waals surface area contributed by atoms with Crippen molar-refractivity contribution in [2.45, 2.75) is 24.3 Å². The second-order valence-electron chi connectivity index (χ2n) is 4.67. The second kappa shape index (κ2) is 8.19. The minimum atomic E-state index is -3.52. The monoisotopic (exact) mass is 385 g/mol. The van der Waals surface area contributed by atoms with Gasteiger partial charge < -0.3 is 10.6 Å². The van der Waals surface area contributed by atoms with Crippen molar-refractivity contribution >= 4 is 44.0 Å². The summed E-state index contributed by atoms with van der Waals surface area (Å²) in [6.07, 6.45) is 0.601. The van der Waals surface area contributed by atoms with E-state index in [4.69, 9.17) is 5.73 Å². The van der Waals surface area contributed by atoms with E-state index in [1.54, 1.807) is 12.1 Å². The lowest BCUT2D eigenvalue weighted by molar-refractivity contribution is 0.571. The first kappa shape index (κ1) is 19.7. The third kappa shape index (κ3) is 5.57. The highest BCUT2D eigenvalue weighted by molar-refractivity contribution is 9.10. The summed E-state index contributed by atoms with van der Waals surface area (Å²) >= 11 is 3.27. The van der Waals surface area contributed by atoms with E-state index in [0.717, 1.165) is 5.69 Å². The molecule has 0 aromatic heterocycles. The predicted octanol–water partition coefficient (Wildman–Crippen LogP) is 1.95. The number of hydrogen-bond acceptors (Lipinski definition) is 4. The van der Waals surface area contributed by atoms with Crippen LogP contribution in [0.1, 0.15) is 13.3 Å². The second-order valence-corrected chi connectivity index (χ2v) is 7.26. The van der Waals surface area contributed by atoms with E-state index < -0.39 is 10.0 Å². The highest BCUT2D eigenvalue weighted by Gasteiger charge is 2.18. The summed E-state index contributed by atoms with van der Waals surface area (Å²) in [7, 11) is 0.207. The molecule has 0 spiro atoms. The molecule has 0 bridgehead atoms. The van der Waals surface area contributed by atoms with Gasteiger partial charge >= 0.3 is 0 Å². The van der Waals surface area contributed by atoms with E-state index in [1.807, 2.05) is 32.0 Å². The zero-order valence-electron chi connectivity index (χ0n) is 11.8. The molecule has 0 radical (unpaired) electrons. The molecule has 0 heterocycles. The first-order valence-electron chi connectivity index (χ1n) is 5.96. The topological polar surface area (TPSA) is 75.4 Å². The van der Waals surface area contributed by atoms with Gasteiger partial charge in [0.05, 0.1) is 4.90 Å². The predicted molar refractivity (Wildman–Crippen MR) is 89.2 cm³/mol. The molecule has 0 fully saturated rings. The highest BCUT2D eigenvalue weighted by atomic mass is 79.9. The number of sulfonamides is 1. The maximum Gasteiger partial charge on any atom is 0.241 e. The Balaban J connectivity index is 0.00000361. The number of rotatable bonds is 6. The summed E-state index contributed by atoms with van der Waals surface area (Å²) in [6.45, 7) is 2.18. The molecule has 5 nitrogen and oxygen atoms in total. The average molecular weight is 387 g/mol. The summed E-state index contributed by atoms with van der Waals surface area (Å²) in [5.74, 6) is 0. The van der Waals surface area contributed by atoms with Crippen molar-refractivity contribution in [1.29, 1.82) is 0 Å². The summed E-state index contributed by atoms with van der Waals surface area (Å²) in [4.78, 5) is 2.09. The Morgan fingerprint density at radius 3 is 2.50 bits per heavy atom. The van der Waals surface area contributed by atoms with Crippen LogP contribution in [0.2, 0.25) is 0 Å². The van der Waals surface area contributed by atoms with Gasteiger partial charge in [-0.15, -0.1) is 12.4 Å². The van der Waals surface area contributed by atoms with E-state index in [9.17, 15) is 8.42 Å². The van der Waals surface area contributed by atoms with Crippen molar-refractivity contribution in [3.8, 4) is 0 Å². The van der Waals surface area contributed by atoms with E-state index in [2.05, 4.69) is 20.7 Å². The first-order valence-corrected chi connectivity index (χ1v) is 8.24. The highest BCUT2D eigenvalue weighted by Crippen LogP contribution is 2.26. The van der Waals surface area contributed by atoms with Crippen LogP contribution >= 0.6 is 28.3 Å². The number of hydrogen-bond donors (Lipinski definition) is 2. The van der Waals surface area contributed by atoms with Crippen LogP contribution in [0, 0.1) is 0 Å². The van der Waals surface area contributed by atoms with Gasteiger partial charge in [-0.2, -0.15) is 0 Å². The Morgan fingerprint density at radius 2 is 2.00 bits per heavy atom. The maximum atomic E-state index is 12.2. The molecule has 0 saturated heterocycles. The molecule has 1 atom stereocenters. The molecule has 1 unspecified atom stereocenters. The van der Waals surface area contributed by atoms with Gasteiger partial charge in [-0.05, 0) is 47.5 Å². The van der Waals surface area contributed by atoms with E-state index >= 15 is 0 Å². The standard InChI is InChI=1S/C12H20BrN3O2S.ClH/c1-9(14)6-7-15-19(17,18)12-8-10(16(2)3)4-5-11(12)13;/h4-5,8-9,15H,6-7,14H2,1-3H3;1H. The third-order valence-corrected chi connectivity index (χ3v) is 5.07. The largest absolute Gasteiger partial charge is 0.378 e. The van der Waals surface area contributed by atoms with E-state index in [1.165, 1.54) is 0 Å². The zero-order valence-corrected chi connectivity index (χ0v) is 15.0. The van der Waals surface area contributed by atoms with Gasteiger partial charge in [0.2, 0.25) is 10.0 Å². The van der Waals surface area contributed by atoms with Crippen LogP contribution in [0.15, 0.2) is 27.6 Å². The Kier molecular flexibility index (Phi) is 8.05. The molecule has 1 aromatic rings. The summed E-state index contributed by atoms with van der Waals surface area (Å²) in [5, 5.41) is 0. The Bertz CT molecular complexity index is 536. The molecule has 0 aliphatic carbocycles. The fraction of sp³-hybridized carbons (Fsp3) is 0.500. The molecule has 116 valence electrons. The molecule has 1 rings (SSSR count). The number of benzene rings is 1. The summed E-state index contributed by atoms with van der Waals surface area (Å²) in [5.41, 5.74) is 6.43. The molecule has 0 aliphatic rings. The first-order chi connectivity index (χ1) is 8.74. The molecule has 1 aromatic carbocycles. The van der Waals surface area contributed by atoms with E-state index in [0.29, 0.717) is 17.4 Å². The quantitative estimate of drug-likeness (QED) is 0.783. The fourth-order valence-corrected chi connectivity index (χ4v) is 3.50. The van der Waals surface area contributed by atoms with Gasteiger partial charge in [-0.25, -0.2) is 13.1 Å². The SMILES string of the molecule is CC(N)CCNS(=O)(=O)c1cc(N(C)C)ccc1Br.Cl. The van der Waals surface area contributed by atoms with Gasteiger partial charge in [-0.1, -0.05) is 0 Å². The summed E-state index contributed by atoms with van der Waals surface area (Å²) in [6, 6.07) is 5.19. The molecule has 8 heteroatoms.